The second kappa shape index (κ2) is 6.60. The Morgan fingerprint density at radius 3 is 2.59 bits per heavy atom. The number of fused-ring (bicyclic) bond motifs is 1. The monoisotopic (exact) mass is 313 g/mol. The van der Waals surface area contributed by atoms with Crippen molar-refractivity contribution in [1.82, 2.24) is 5.06 Å². The Bertz CT molecular complexity index is 737. The van der Waals surface area contributed by atoms with Gasteiger partial charge in [-0.15, -0.1) is 11.3 Å². The van der Waals surface area contributed by atoms with Gasteiger partial charge in [0.25, 0.3) is 0 Å². The van der Waals surface area contributed by atoms with Crippen LogP contribution in [0.3, 0.4) is 0 Å². The summed E-state index contributed by atoms with van der Waals surface area (Å²) in [5.74, 6) is 0.411. The van der Waals surface area contributed by atoms with Crippen LogP contribution in [0.5, 0.6) is 5.75 Å². The molecule has 0 fully saturated rings. The van der Waals surface area contributed by atoms with Crippen LogP contribution in [0.25, 0.3) is 10.1 Å². The third-order valence-electron chi connectivity index (χ3n) is 3.21. The van der Waals surface area contributed by atoms with Crippen molar-refractivity contribution < 1.29 is 14.7 Å². The minimum Gasteiger partial charge on any atom is -0.409 e. The predicted octanol–water partition coefficient (Wildman–Crippen LogP) is 4.33. The van der Waals surface area contributed by atoms with Crippen molar-refractivity contribution in [3.8, 4) is 5.75 Å². The van der Waals surface area contributed by atoms with Crippen LogP contribution in [0.15, 0.2) is 60.7 Å². The van der Waals surface area contributed by atoms with Crippen LogP contribution in [0.4, 0.5) is 4.79 Å². The van der Waals surface area contributed by atoms with E-state index < -0.39 is 6.09 Å². The molecule has 3 rings (SSSR count). The summed E-state index contributed by atoms with van der Waals surface area (Å²) in [6, 6.07) is 18.9. The molecule has 0 aliphatic carbocycles. The van der Waals surface area contributed by atoms with Gasteiger partial charge < -0.3 is 4.74 Å². The third kappa shape index (κ3) is 3.44. The topological polar surface area (TPSA) is 49.8 Å². The van der Waals surface area contributed by atoms with E-state index in [1.165, 1.54) is 10.1 Å². The van der Waals surface area contributed by atoms with Crippen molar-refractivity contribution in [2.45, 2.75) is 6.42 Å². The first-order valence-electron chi connectivity index (χ1n) is 6.93. The molecule has 0 atom stereocenters. The lowest BCUT2D eigenvalue weighted by Crippen LogP contribution is -2.32. The fraction of sp³-hybridized carbons (Fsp3) is 0.118. The number of ether oxygens (including phenoxy) is 1. The molecule has 1 aromatic heterocycles. The molecule has 1 amide bonds. The van der Waals surface area contributed by atoms with Crippen LogP contribution in [0.2, 0.25) is 0 Å². The predicted molar refractivity (Wildman–Crippen MR) is 86.5 cm³/mol. The van der Waals surface area contributed by atoms with Crippen molar-refractivity contribution in [1.29, 1.82) is 0 Å². The molecule has 0 saturated heterocycles. The molecule has 3 aromatic rings. The first-order chi connectivity index (χ1) is 10.7. The van der Waals surface area contributed by atoms with E-state index >= 15 is 0 Å². The minimum absolute atomic E-state index is 0.193. The molecule has 1 heterocycles. The van der Waals surface area contributed by atoms with Gasteiger partial charge in [0.15, 0.2) is 0 Å². The highest BCUT2D eigenvalue weighted by Crippen LogP contribution is 2.25. The zero-order valence-corrected chi connectivity index (χ0v) is 12.6. The summed E-state index contributed by atoms with van der Waals surface area (Å²) in [4.78, 5) is 12.9. The lowest BCUT2D eigenvalue weighted by molar-refractivity contribution is -0.0591. The number of hydroxylamine groups is 2. The number of para-hydroxylation sites is 1. The van der Waals surface area contributed by atoms with Gasteiger partial charge in [0, 0.05) is 16.0 Å². The summed E-state index contributed by atoms with van der Waals surface area (Å²) in [6.07, 6.45) is -0.188. The normalized spacial score (nSPS) is 10.6. The molecule has 2 aromatic carbocycles. The van der Waals surface area contributed by atoms with Gasteiger partial charge in [-0.25, -0.2) is 4.79 Å². The smallest absolute Gasteiger partial charge is 0.409 e. The van der Waals surface area contributed by atoms with Gasteiger partial charge in [-0.2, -0.15) is 5.06 Å². The minimum atomic E-state index is -0.771. The molecular weight excluding hydrogens is 298 g/mol. The Labute approximate surface area is 132 Å². The van der Waals surface area contributed by atoms with Crippen LogP contribution >= 0.6 is 11.3 Å². The summed E-state index contributed by atoms with van der Waals surface area (Å²) in [5.41, 5.74) is 0. The number of hydrogen-bond donors (Lipinski definition) is 1. The van der Waals surface area contributed by atoms with E-state index in [9.17, 15) is 10.0 Å². The van der Waals surface area contributed by atoms with E-state index in [0.29, 0.717) is 17.2 Å². The summed E-state index contributed by atoms with van der Waals surface area (Å²) < 4.78 is 6.27. The van der Waals surface area contributed by atoms with E-state index in [2.05, 4.69) is 18.2 Å². The highest BCUT2D eigenvalue weighted by molar-refractivity contribution is 7.19. The average molecular weight is 313 g/mol. The van der Waals surface area contributed by atoms with Crippen LogP contribution in [0, 0.1) is 0 Å². The molecule has 0 aliphatic rings. The first-order valence-corrected chi connectivity index (χ1v) is 7.75. The Morgan fingerprint density at radius 2 is 1.82 bits per heavy atom. The summed E-state index contributed by atoms with van der Waals surface area (Å²) >= 11 is 1.67. The summed E-state index contributed by atoms with van der Waals surface area (Å²) in [5, 5.41) is 11.6. The van der Waals surface area contributed by atoms with Crippen molar-refractivity contribution in [3.63, 3.8) is 0 Å². The highest BCUT2D eigenvalue weighted by atomic mass is 32.1. The lowest BCUT2D eigenvalue weighted by atomic mass is 10.2. The van der Waals surface area contributed by atoms with E-state index in [4.69, 9.17) is 4.74 Å². The van der Waals surface area contributed by atoms with Crippen LogP contribution in [-0.4, -0.2) is 22.9 Å². The van der Waals surface area contributed by atoms with Crippen molar-refractivity contribution >= 4 is 27.5 Å². The van der Waals surface area contributed by atoms with Gasteiger partial charge in [0.1, 0.15) is 5.75 Å². The van der Waals surface area contributed by atoms with Gasteiger partial charge in [0.05, 0.1) is 6.54 Å². The number of amides is 1. The summed E-state index contributed by atoms with van der Waals surface area (Å²) in [7, 11) is 0. The molecule has 1 N–H and O–H groups in total. The molecule has 112 valence electrons. The van der Waals surface area contributed by atoms with Crippen LogP contribution in [0.1, 0.15) is 4.88 Å². The van der Waals surface area contributed by atoms with Gasteiger partial charge in [-0.05, 0) is 29.7 Å². The zero-order valence-electron chi connectivity index (χ0n) is 11.8. The molecule has 5 heteroatoms. The number of thiophene rings is 1. The fourth-order valence-electron chi connectivity index (χ4n) is 2.11. The van der Waals surface area contributed by atoms with Gasteiger partial charge in [-0.1, -0.05) is 36.4 Å². The molecule has 0 bridgehead atoms. The maximum absolute atomic E-state index is 11.8. The quantitative estimate of drug-likeness (QED) is 0.576. The number of benzene rings is 2. The van der Waals surface area contributed by atoms with E-state index in [1.807, 2.05) is 18.2 Å². The lowest BCUT2D eigenvalue weighted by Gasteiger charge is -2.14. The zero-order chi connectivity index (χ0) is 15.4. The van der Waals surface area contributed by atoms with Crippen molar-refractivity contribution in [2.24, 2.45) is 0 Å². The van der Waals surface area contributed by atoms with Crippen molar-refractivity contribution in [2.75, 3.05) is 6.54 Å². The largest absolute Gasteiger partial charge is 0.439 e. The summed E-state index contributed by atoms with van der Waals surface area (Å²) in [6.45, 7) is 0.193. The van der Waals surface area contributed by atoms with Crippen molar-refractivity contribution in [3.05, 3.63) is 65.5 Å². The Kier molecular flexibility index (Phi) is 4.37. The Balaban J connectivity index is 1.57. The van der Waals surface area contributed by atoms with Crippen LogP contribution in [-0.2, 0) is 6.42 Å². The molecule has 4 nitrogen and oxygen atoms in total. The third-order valence-corrected chi connectivity index (χ3v) is 4.38. The maximum Gasteiger partial charge on any atom is 0.439 e. The van der Waals surface area contributed by atoms with E-state index in [1.54, 1.807) is 35.6 Å². The van der Waals surface area contributed by atoms with Gasteiger partial charge in [-0.3, -0.25) is 5.21 Å². The van der Waals surface area contributed by atoms with Gasteiger partial charge in [0.2, 0.25) is 0 Å². The van der Waals surface area contributed by atoms with E-state index in [-0.39, 0.29) is 6.54 Å². The van der Waals surface area contributed by atoms with Gasteiger partial charge >= 0.3 is 6.09 Å². The molecule has 0 saturated carbocycles. The van der Waals surface area contributed by atoms with Crippen LogP contribution < -0.4 is 4.74 Å². The number of rotatable bonds is 4. The molecule has 0 spiro atoms. The Morgan fingerprint density at radius 1 is 1.09 bits per heavy atom. The molecule has 22 heavy (non-hydrogen) atoms. The molecule has 0 radical (unpaired) electrons. The maximum atomic E-state index is 11.8. The average Bonchev–Trinajstić information content (AvgIpc) is 2.96. The number of hydrogen-bond acceptors (Lipinski definition) is 4. The number of nitrogens with zero attached hydrogens (tertiary/aromatic N) is 1. The second-order valence-electron chi connectivity index (χ2n) is 4.80. The Hall–Kier alpha value is -2.37. The highest BCUT2D eigenvalue weighted by Gasteiger charge is 2.14. The number of carbonyl (C=O) groups is 1. The standard InChI is InChI=1S/C17H15NO3S/c19-17(21-14-7-2-1-3-8-14)18(20)11-10-15-12-13-6-4-5-9-16(13)22-15/h1-9,12,20H,10-11H2. The fourth-order valence-corrected chi connectivity index (χ4v) is 3.16. The molecule has 0 aliphatic heterocycles. The second-order valence-corrected chi connectivity index (χ2v) is 5.97. The molecule has 0 unspecified atom stereocenters. The SMILES string of the molecule is O=C(Oc1ccccc1)N(O)CCc1cc2ccccc2s1. The van der Waals surface area contributed by atoms with E-state index in [0.717, 1.165) is 4.88 Å². The molecular formula is C17H15NO3S. The first kappa shape index (κ1) is 14.6. The number of carbonyl (C=O) groups excluding carboxylic acids is 1.